The molecule has 6 heteroatoms. The summed E-state index contributed by atoms with van der Waals surface area (Å²) in [7, 11) is 0. The van der Waals surface area contributed by atoms with Gasteiger partial charge in [0.1, 0.15) is 0 Å². The molecule has 19 heavy (non-hydrogen) atoms. The third-order valence-corrected chi connectivity index (χ3v) is 3.53. The maximum absolute atomic E-state index is 10.7. The average molecular weight is 278 g/mol. The molecular weight excluding hydrogens is 264 g/mol. The highest BCUT2D eigenvalue weighted by Crippen LogP contribution is 2.14. The number of carboxylic acid groups (broad SMARTS) is 1. The van der Waals surface area contributed by atoms with E-state index in [1.54, 1.807) is 5.38 Å². The van der Waals surface area contributed by atoms with Crippen LogP contribution < -0.4 is 5.32 Å². The highest BCUT2D eigenvalue weighted by atomic mass is 32.1. The van der Waals surface area contributed by atoms with Gasteiger partial charge in [0, 0.05) is 11.9 Å². The topological polar surface area (TPSA) is 82.5 Å². The van der Waals surface area contributed by atoms with E-state index in [0.717, 1.165) is 16.9 Å². The maximum Gasteiger partial charge on any atom is 0.365 e. The Labute approximate surface area is 114 Å². The van der Waals surface area contributed by atoms with Crippen LogP contribution in [0.4, 0.5) is 0 Å². The number of hydrogen-bond acceptors (Lipinski definition) is 5. The van der Waals surface area contributed by atoms with Crippen molar-refractivity contribution in [2.75, 3.05) is 6.61 Å². The first-order chi connectivity index (χ1) is 9.20. The van der Waals surface area contributed by atoms with Gasteiger partial charge >= 0.3 is 5.97 Å². The predicted molar refractivity (Wildman–Crippen MR) is 72.2 cm³/mol. The maximum atomic E-state index is 10.7. The number of aliphatic hydroxyl groups is 1. The molecule has 2 aromatic rings. The van der Waals surface area contributed by atoms with Gasteiger partial charge in [0.2, 0.25) is 5.01 Å². The van der Waals surface area contributed by atoms with Crippen LogP contribution in [-0.4, -0.2) is 27.8 Å². The minimum absolute atomic E-state index is 0.0278. The first kappa shape index (κ1) is 13.7. The zero-order valence-corrected chi connectivity index (χ0v) is 10.9. The smallest absolute Gasteiger partial charge is 0.365 e. The summed E-state index contributed by atoms with van der Waals surface area (Å²) in [6.07, 6.45) is 0. The minimum atomic E-state index is -1.02. The van der Waals surface area contributed by atoms with Crippen molar-refractivity contribution in [3.63, 3.8) is 0 Å². The van der Waals surface area contributed by atoms with Gasteiger partial charge in [-0.3, -0.25) is 0 Å². The molecule has 2 rings (SSSR count). The van der Waals surface area contributed by atoms with Crippen LogP contribution in [-0.2, 0) is 6.54 Å². The minimum Gasteiger partial charge on any atom is -0.476 e. The summed E-state index contributed by atoms with van der Waals surface area (Å²) in [5, 5.41) is 23.1. The van der Waals surface area contributed by atoms with E-state index >= 15 is 0 Å². The molecule has 0 fully saturated rings. The Balaban J connectivity index is 1.98. The van der Waals surface area contributed by atoms with Crippen molar-refractivity contribution in [1.29, 1.82) is 0 Å². The van der Waals surface area contributed by atoms with Crippen LogP contribution in [0.1, 0.15) is 27.1 Å². The lowest BCUT2D eigenvalue weighted by Crippen LogP contribution is -2.24. The Morgan fingerprint density at radius 3 is 2.68 bits per heavy atom. The zero-order chi connectivity index (χ0) is 13.7. The number of rotatable bonds is 6. The van der Waals surface area contributed by atoms with Gasteiger partial charge in [0.05, 0.1) is 18.3 Å². The molecule has 0 aliphatic rings. The largest absolute Gasteiger partial charge is 0.476 e. The van der Waals surface area contributed by atoms with Crippen molar-refractivity contribution < 1.29 is 15.0 Å². The third kappa shape index (κ3) is 3.60. The van der Waals surface area contributed by atoms with Gasteiger partial charge in [0.15, 0.2) is 0 Å². The Morgan fingerprint density at radius 2 is 2.11 bits per heavy atom. The lowest BCUT2D eigenvalue weighted by atomic mass is 10.1. The molecule has 1 aromatic heterocycles. The van der Waals surface area contributed by atoms with E-state index < -0.39 is 5.97 Å². The van der Waals surface area contributed by atoms with Gasteiger partial charge in [-0.1, -0.05) is 30.3 Å². The van der Waals surface area contributed by atoms with Crippen LogP contribution >= 0.6 is 11.3 Å². The van der Waals surface area contributed by atoms with Crippen molar-refractivity contribution in [3.8, 4) is 0 Å². The number of nitrogens with one attached hydrogen (secondary N) is 1. The predicted octanol–water partition coefficient (Wildman–Crippen LogP) is 1.66. The van der Waals surface area contributed by atoms with E-state index in [1.165, 1.54) is 0 Å². The van der Waals surface area contributed by atoms with Crippen LogP contribution in [0.15, 0.2) is 35.7 Å². The normalized spacial score (nSPS) is 12.3. The SMILES string of the molecule is O=C(O)c1nc(CNC(CO)c2ccccc2)cs1. The van der Waals surface area contributed by atoms with Crippen LogP contribution in [0, 0.1) is 0 Å². The molecule has 0 aliphatic carbocycles. The molecule has 0 bridgehead atoms. The van der Waals surface area contributed by atoms with E-state index in [1.807, 2.05) is 30.3 Å². The second-order valence-corrected chi connectivity index (χ2v) is 4.83. The fourth-order valence-electron chi connectivity index (χ4n) is 1.69. The van der Waals surface area contributed by atoms with Crippen LogP contribution in [0.2, 0.25) is 0 Å². The lowest BCUT2D eigenvalue weighted by molar-refractivity contribution is 0.0696. The van der Waals surface area contributed by atoms with E-state index in [9.17, 15) is 9.90 Å². The molecule has 1 heterocycles. The number of aliphatic hydroxyl groups excluding tert-OH is 1. The van der Waals surface area contributed by atoms with Crippen LogP contribution in [0.5, 0.6) is 0 Å². The average Bonchev–Trinajstić information content (AvgIpc) is 2.90. The molecular formula is C13H14N2O3S. The van der Waals surface area contributed by atoms with E-state index in [2.05, 4.69) is 10.3 Å². The van der Waals surface area contributed by atoms with E-state index in [0.29, 0.717) is 12.2 Å². The first-order valence-electron chi connectivity index (χ1n) is 5.77. The monoisotopic (exact) mass is 278 g/mol. The van der Waals surface area contributed by atoms with Crippen molar-refractivity contribution in [2.45, 2.75) is 12.6 Å². The van der Waals surface area contributed by atoms with Crippen molar-refractivity contribution >= 4 is 17.3 Å². The molecule has 5 nitrogen and oxygen atoms in total. The number of carbonyl (C=O) groups is 1. The van der Waals surface area contributed by atoms with Crippen molar-refractivity contribution in [2.24, 2.45) is 0 Å². The van der Waals surface area contributed by atoms with Gasteiger partial charge in [-0.2, -0.15) is 0 Å². The molecule has 0 aliphatic heterocycles. The summed E-state index contributed by atoms with van der Waals surface area (Å²) < 4.78 is 0. The number of nitrogens with zero attached hydrogens (tertiary/aromatic N) is 1. The number of benzene rings is 1. The third-order valence-electron chi connectivity index (χ3n) is 2.65. The molecule has 0 saturated carbocycles. The number of aromatic nitrogens is 1. The summed E-state index contributed by atoms with van der Waals surface area (Å²) in [5.41, 5.74) is 1.65. The van der Waals surface area contributed by atoms with Gasteiger partial charge < -0.3 is 15.5 Å². The van der Waals surface area contributed by atoms with Crippen molar-refractivity contribution in [3.05, 3.63) is 52.0 Å². The molecule has 0 amide bonds. The van der Waals surface area contributed by atoms with Gasteiger partial charge in [-0.25, -0.2) is 9.78 Å². The number of thiazole rings is 1. The first-order valence-corrected chi connectivity index (χ1v) is 6.65. The van der Waals surface area contributed by atoms with Crippen molar-refractivity contribution in [1.82, 2.24) is 10.3 Å². The lowest BCUT2D eigenvalue weighted by Gasteiger charge is -2.15. The fraction of sp³-hybridized carbons (Fsp3) is 0.231. The van der Waals surface area contributed by atoms with E-state index in [4.69, 9.17) is 5.11 Å². The Morgan fingerprint density at radius 1 is 1.37 bits per heavy atom. The summed E-state index contributed by atoms with van der Waals surface area (Å²) in [6.45, 7) is 0.393. The molecule has 0 spiro atoms. The second kappa shape index (κ2) is 6.42. The number of aromatic carboxylic acids is 1. The molecule has 0 saturated heterocycles. The molecule has 100 valence electrons. The fourth-order valence-corrected chi connectivity index (χ4v) is 2.34. The van der Waals surface area contributed by atoms with Gasteiger partial charge in [-0.15, -0.1) is 11.3 Å². The molecule has 0 radical (unpaired) electrons. The zero-order valence-electron chi connectivity index (χ0n) is 10.1. The summed E-state index contributed by atoms with van der Waals surface area (Å²) in [6, 6.07) is 9.40. The quantitative estimate of drug-likeness (QED) is 0.748. The Kier molecular flexibility index (Phi) is 4.62. The molecule has 1 atom stereocenters. The number of carboxylic acids is 1. The highest BCUT2D eigenvalue weighted by molar-refractivity contribution is 7.11. The van der Waals surface area contributed by atoms with Gasteiger partial charge in [0.25, 0.3) is 0 Å². The Hall–Kier alpha value is -1.76. The molecule has 1 unspecified atom stereocenters. The van der Waals surface area contributed by atoms with Gasteiger partial charge in [-0.05, 0) is 5.56 Å². The Bertz CT molecular complexity index is 542. The summed E-state index contributed by atoms with van der Waals surface area (Å²) in [4.78, 5) is 14.7. The highest BCUT2D eigenvalue weighted by Gasteiger charge is 2.12. The van der Waals surface area contributed by atoms with Crippen LogP contribution in [0.25, 0.3) is 0 Å². The standard InChI is InChI=1S/C13H14N2O3S/c16-7-11(9-4-2-1-3-5-9)14-6-10-8-19-12(15-10)13(17)18/h1-5,8,11,14,16H,6-7H2,(H,17,18). The van der Waals surface area contributed by atoms with E-state index in [-0.39, 0.29) is 17.7 Å². The molecule has 1 aromatic carbocycles. The second-order valence-electron chi connectivity index (χ2n) is 3.98. The number of hydrogen-bond donors (Lipinski definition) is 3. The summed E-state index contributed by atoms with van der Waals surface area (Å²) >= 11 is 1.10. The summed E-state index contributed by atoms with van der Waals surface area (Å²) in [5.74, 6) is -1.02. The van der Waals surface area contributed by atoms with Crippen LogP contribution in [0.3, 0.4) is 0 Å². The molecule has 3 N–H and O–H groups in total.